The highest BCUT2D eigenvalue weighted by Crippen LogP contribution is 2.40. The van der Waals surface area contributed by atoms with Gasteiger partial charge < -0.3 is 5.11 Å². The maximum atomic E-state index is 10.2. The molecule has 0 aliphatic rings. The Morgan fingerprint density at radius 2 is 1.75 bits per heavy atom. The van der Waals surface area contributed by atoms with Crippen molar-refractivity contribution >= 4 is 26.7 Å². The topological polar surface area (TPSA) is 20.2 Å². The van der Waals surface area contributed by atoms with E-state index >= 15 is 0 Å². The van der Waals surface area contributed by atoms with E-state index in [0.717, 1.165) is 20.8 Å². The van der Waals surface area contributed by atoms with Gasteiger partial charge in [-0.25, -0.2) is 0 Å². The van der Waals surface area contributed by atoms with E-state index in [4.69, 9.17) is 0 Å². The zero-order valence-electron chi connectivity index (χ0n) is 9.71. The van der Waals surface area contributed by atoms with Crippen molar-refractivity contribution < 1.29 is 5.11 Å². The Morgan fingerprint density at radius 3 is 2.38 bits per heavy atom. The highest BCUT2D eigenvalue weighted by molar-refractivity contribution is 9.10. The summed E-state index contributed by atoms with van der Waals surface area (Å²) in [5.74, 6) is 0.353. The molecule has 2 heteroatoms. The average Bonchev–Trinajstić information content (AvgIpc) is 2.22. The average molecular weight is 279 g/mol. The van der Waals surface area contributed by atoms with E-state index in [1.807, 2.05) is 18.2 Å². The molecule has 0 unspecified atom stereocenters. The van der Waals surface area contributed by atoms with Crippen LogP contribution in [0.15, 0.2) is 34.8 Å². The first kappa shape index (κ1) is 11.5. The molecule has 0 aromatic heterocycles. The lowest BCUT2D eigenvalue weighted by Gasteiger charge is -2.22. The SMILES string of the molecule is CC(C)(C)c1cc2ccccc2c(Br)c1O. The number of hydrogen-bond acceptors (Lipinski definition) is 1. The highest BCUT2D eigenvalue weighted by atomic mass is 79.9. The molecule has 0 spiro atoms. The van der Waals surface area contributed by atoms with E-state index < -0.39 is 0 Å². The molecule has 2 aromatic carbocycles. The van der Waals surface area contributed by atoms with Gasteiger partial charge in [-0.1, -0.05) is 45.0 Å². The quantitative estimate of drug-likeness (QED) is 0.746. The Hall–Kier alpha value is -1.02. The molecule has 0 amide bonds. The zero-order valence-corrected chi connectivity index (χ0v) is 11.3. The monoisotopic (exact) mass is 278 g/mol. The number of phenols is 1. The minimum Gasteiger partial charge on any atom is -0.506 e. The molecule has 0 aliphatic carbocycles. The first-order valence-electron chi connectivity index (χ1n) is 5.32. The second-order valence-electron chi connectivity index (χ2n) is 5.06. The standard InChI is InChI=1S/C14H15BrO/c1-14(2,3)11-8-9-6-4-5-7-10(9)12(15)13(11)16/h4-8,16H,1-3H3. The molecule has 0 radical (unpaired) electrons. The summed E-state index contributed by atoms with van der Waals surface area (Å²) in [6.45, 7) is 6.30. The van der Waals surface area contributed by atoms with Crippen molar-refractivity contribution in [3.05, 3.63) is 40.4 Å². The van der Waals surface area contributed by atoms with Crippen LogP contribution in [0.5, 0.6) is 5.75 Å². The Kier molecular flexibility index (Phi) is 2.70. The van der Waals surface area contributed by atoms with Gasteiger partial charge in [0.2, 0.25) is 0 Å². The van der Waals surface area contributed by atoms with Gasteiger partial charge in [-0.2, -0.15) is 0 Å². The predicted octanol–water partition coefficient (Wildman–Crippen LogP) is 4.61. The van der Waals surface area contributed by atoms with E-state index in [1.54, 1.807) is 0 Å². The molecule has 2 rings (SSSR count). The Labute approximate surface area is 104 Å². The van der Waals surface area contributed by atoms with Crippen LogP contribution >= 0.6 is 15.9 Å². The second-order valence-corrected chi connectivity index (χ2v) is 5.85. The van der Waals surface area contributed by atoms with Crippen molar-refractivity contribution in [1.29, 1.82) is 0 Å². The summed E-state index contributed by atoms with van der Waals surface area (Å²) in [5, 5.41) is 12.4. The fourth-order valence-corrected chi connectivity index (χ4v) is 2.44. The lowest BCUT2D eigenvalue weighted by Crippen LogP contribution is -2.11. The van der Waals surface area contributed by atoms with E-state index in [9.17, 15) is 5.11 Å². The first-order valence-corrected chi connectivity index (χ1v) is 6.11. The number of phenolic OH excluding ortho intramolecular Hbond substituents is 1. The maximum Gasteiger partial charge on any atom is 0.134 e. The maximum absolute atomic E-state index is 10.2. The zero-order chi connectivity index (χ0) is 11.9. The van der Waals surface area contributed by atoms with Crippen LogP contribution in [-0.2, 0) is 5.41 Å². The highest BCUT2D eigenvalue weighted by Gasteiger charge is 2.21. The molecule has 2 aromatic rings. The fourth-order valence-electron chi connectivity index (χ4n) is 1.86. The smallest absolute Gasteiger partial charge is 0.134 e. The minimum absolute atomic E-state index is 0.0589. The Morgan fingerprint density at radius 1 is 1.12 bits per heavy atom. The molecule has 0 saturated carbocycles. The predicted molar refractivity (Wildman–Crippen MR) is 72.0 cm³/mol. The van der Waals surface area contributed by atoms with Crippen LogP contribution in [0.1, 0.15) is 26.3 Å². The molecule has 0 heterocycles. The van der Waals surface area contributed by atoms with Gasteiger partial charge in [-0.15, -0.1) is 0 Å². The van der Waals surface area contributed by atoms with Gasteiger partial charge in [0, 0.05) is 5.56 Å². The molecule has 0 atom stereocenters. The summed E-state index contributed by atoms with van der Waals surface area (Å²) < 4.78 is 0.788. The molecule has 16 heavy (non-hydrogen) atoms. The molecular formula is C14H15BrO. The summed E-state index contributed by atoms with van der Waals surface area (Å²) in [7, 11) is 0. The van der Waals surface area contributed by atoms with Gasteiger partial charge in [-0.05, 0) is 38.2 Å². The van der Waals surface area contributed by atoms with Crippen LogP contribution in [0, 0.1) is 0 Å². The van der Waals surface area contributed by atoms with Crippen LogP contribution in [0.25, 0.3) is 10.8 Å². The number of aromatic hydroxyl groups is 1. The lowest BCUT2D eigenvalue weighted by molar-refractivity contribution is 0.445. The van der Waals surface area contributed by atoms with Gasteiger partial charge in [0.25, 0.3) is 0 Å². The summed E-state index contributed by atoms with van der Waals surface area (Å²) in [6, 6.07) is 10.1. The normalized spacial score (nSPS) is 12.0. The number of hydrogen-bond donors (Lipinski definition) is 1. The van der Waals surface area contributed by atoms with Crippen molar-refractivity contribution in [3.8, 4) is 5.75 Å². The van der Waals surface area contributed by atoms with E-state index in [1.165, 1.54) is 0 Å². The third-order valence-corrected chi connectivity index (χ3v) is 3.57. The molecule has 0 saturated heterocycles. The summed E-state index contributed by atoms with van der Waals surface area (Å²) in [4.78, 5) is 0. The van der Waals surface area contributed by atoms with Crippen molar-refractivity contribution in [2.24, 2.45) is 0 Å². The summed E-state index contributed by atoms with van der Waals surface area (Å²) >= 11 is 3.47. The van der Waals surface area contributed by atoms with Gasteiger partial charge >= 0.3 is 0 Å². The van der Waals surface area contributed by atoms with Gasteiger partial charge in [-0.3, -0.25) is 0 Å². The van der Waals surface area contributed by atoms with Crippen LogP contribution in [0.3, 0.4) is 0 Å². The molecule has 0 bridgehead atoms. The van der Waals surface area contributed by atoms with Crippen LogP contribution in [-0.4, -0.2) is 5.11 Å². The number of halogens is 1. The molecule has 0 fully saturated rings. The number of rotatable bonds is 0. The molecule has 1 nitrogen and oxygen atoms in total. The van der Waals surface area contributed by atoms with Gasteiger partial charge in [0.15, 0.2) is 0 Å². The second kappa shape index (κ2) is 3.77. The Bertz CT molecular complexity index is 538. The molecule has 1 N–H and O–H groups in total. The van der Waals surface area contributed by atoms with Crippen molar-refractivity contribution in [2.75, 3.05) is 0 Å². The van der Waals surface area contributed by atoms with E-state index in [-0.39, 0.29) is 5.41 Å². The van der Waals surface area contributed by atoms with Crippen molar-refractivity contribution in [3.63, 3.8) is 0 Å². The van der Waals surface area contributed by atoms with Crippen molar-refractivity contribution in [2.45, 2.75) is 26.2 Å². The minimum atomic E-state index is -0.0589. The van der Waals surface area contributed by atoms with E-state index in [0.29, 0.717) is 5.75 Å². The lowest BCUT2D eigenvalue weighted by atomic mass is 9.85. The van der Waals surface area contributed by atoms with Crippen LogP contribution in [0.4, 0.5) is 0 Å². The number of benzene rings is 2. The molecule has 0 aliphatic heterocycles. The summed E-state index contributed by atoms with van der Waals surface area (Å²) in [5.41, 5.74) is 0.912. The Balaban J connectivity index is 2.84. The fraction of sp³-hybridized carbons (Fsp3) is 0.286. The molecular weight excluding hydrogens is 264 g/mol. The van der Waals surface area contributed by atoms with Crippen LogP contribution in [0.2, 0.25) is 0 Å². The third kappa shape index (κ3) is 1.82. The van der Waals surface area contributed by atoms with E-state index in [2.05, 4.69) is 48.8 Å². The van der Waals surface area contributed by atoms with Crippen LogP contribution < -0.4 is 0 Å². The van der Waals surface area contributed by atoms with Crippen molar-refractivity contribution in [1.82, 2.24) is 0 Å². The largest absolute Gasteiger partial charge is 0.506 e. The third-order valence-electron chi connectivity index (χ3n) is 2.77. The molecule has 84 valence electrons. The number of fused-ring (bicyclic) bond motifs is 1. The summed E-state index contributed by atoms with van der Waals surface area (Å²) in [6.07, 6.45) is 0. The van der Waals surface area contributed by atoms with Gasteiger partial charge in [0.05, 0.1) is 4.47 Å². The van der Waals surface area contributed by atoms with Gasteiger partial charge in [0.1, 0.15) is 5.75 Å². The first-order chi connectivity index (χ1) is 7.41.